The van der Waals surface area contributed by atoms with E-state index in [1.54, 1.807) is 12.7 Å². The normalized spacial score (nSPS) is 17.3. The van der Waals surface area contributed by atoms with Crippen molar-refractivity contribution in [3.8, 4) is 5.75 Å². The molecule has 30 heavy (non-hydrogen) atoms. The summed E-state index contributed by atoms with van der Waals surface area (Å²) in [6.45, 7) is 7.58. The predicted octanol–water partition coefficient (Wildman–Crippen LogP) is 3.98. The number of allylic oxidation sites excluding steroid dienone is 1. The highest BCUT2D eigenvalue weighted by Crippen LogP contribution is 2.19. The molecule has 1 heterocycles. The van der Waals surface area contributed by atoms with Gasteiger partial charge in [0, 0.05) is 39.3 Å². The van der Waals surface area contributed by atoms with Crippen molar-refractivity contribution in [2.75, 3.05) is 53.0 Å². The lowest BCUT2D eigenvalue weighted by Gasteiger charge is -2.30. The second-order valence-corrected chi connectivity index (χ2v) is 8.55. The van der Waals surface area contributed by atoms with Crippen LogP contribution in [-0.4, -0.2) is 68.0 Å². The first-order valence-corrected chi connectivity index (χ1v) is 11.8. The van der Waals surface area contributed by atoms with E-state index < -0.39 is 0 Å². The minimum absolute atomic E-state index is 0.821. The van der Waals surface area contributed by atoms with Crippen LogP contribution in [0.1, 0.15) is 44.1 Å². The number of morpholine rings is 1. The Morgan fingerprint density at radius 2 is 2.00 bits per heavy atom. The molecule has 0 saturated carbocycles. The monoisotopic (exact) mass is 431 g/mol. The van der Waals surface area contributed by atoms with Crippen LogP contribution in [0.15, 0.2) is 35.9 Å². The number of ether oxygens (including phenoxy) is 2. The van der Waals surface area contributed by atoms with Crippen LogP contribution in [0.3, 0.4) is 0 Å². The van der Waals surface area contributed by atoms with Crippen molar-refractivity contribution in [1.29, 1.82) is 0 Å². The number of hydrogen-bond donors (Lipinski definition) is 1. The van der Waals surface area contributed by atoms with Gasteiger partial charge < -0.3 is 19.7 Å². The maximum absolute atomic E-state index is 5.80. The molecule has 1 fully saturated rings. The average molecular weight is 432 g/mol. The van der Waals surface area contributed by atoms with Gasteiger partial charge in [0.15, 0.2) is 5.11 Å². The maximum atomic E-state index is 5.80. The van der Waals surface area contributed by atoms with Crippen molar-refractivity contribution in [2.24, 2.45) is 0 Å². The lowest BCUT2D eigenvalue weighted by Crippen LogP contribution is -2.42. The Hall–Kier alpha value is -1.63. The average Bonchev–Trinajstić information content (AvgIpc) is 2.80. The van der Waals surface area contributed by atoms with E-state index in [1.807, 2.05) is 12.1 Å². The van der Waals surface area contributed by atoms with Crippen molar-refractivity contribution in [2.45, 2.75) is 45.1 Å². The molecule has 0 radical (unpaired) electrons. The summed E-state index contributed by atoms with van der Waals surface area (Å²) in [5, 5.41) is 4.38. The Bertz CT molecular complexity index is 672. The number of nitrogens with zero attached hydrogens (tertiary/aromatic N) is 2. The van der Waals surface area contributed by atoms with Crippen LogP contribution in [0.5, 0.6) is 5.75 Å². The first kappa shape index (κ1) is 23.0. The van der Waals surface area contributed by atoms with Crippen LogP contribution in [0.4, 0.5) is 0 Å². The number of methoxy groups -OCH3 is 1. The molecule has 1 saturated heterocycles. The third-order valence-corrected chi connectivity index (χ3v) is 6.34. The molecule has 0 bridgehead atoms. The van der Waals surface area contributed by atoms with E-state index >= 15 is 0 Å². The van der Waals surface area contributed by atoms with Gasteiger partial charge in [-0.25, -0.2) is 0 Å². The summed E-state index contributed by atoms with van der Waals surface area (Å²) >= 11 is 5.80. The quantitative estimate of drug-likeness (QED) is 0.446. The third-order valence-electron chi connectivity index (χ3n) is 5.93. The summed E-state index contributed by atoms with van der Waals surface area (Å²) in [6, 6.07) is 8.30. The number of hydrogen-bond acceptors (Lipinski definition) is 4. The molecule has 1 aromatic rings. The molecule has 2 aliphatic rings. The lowest BCUT2D eigenvalue weighted by molar-refractivity contribution is 0.0367. The highest BCUT2D eigenvalue weighted by Gasteiger charge is 2.14. The minimum Gasteiger partial charge on any atom is -0.497 e. The first-order valence-electron chi connectivity index (χ1n) is 11.4. The SMILES string of the molecule is COc1ccc(CN(CCCN2CCOCC2)C(=S)NCCC2=CCCCC2)cc1. The Balaban J connectivity index is 1.50. The smallest absolute Gasteiger partial charge is 0.169 e. The molecule has 3 rings (SSSR count). The molecular weight excluding hydrogens is 394 g/mol. The molecule has 1 aromatic carbocycles. The van der Waals surface area contributed by atoms with Gasteiger partial charge in [0.05, 0.1) is 20.3 Å². The summed E-state index contributed by atoms with van der Waals surface area (Å²) in [7, 11) is 1.70. The summed E-state index contributed by atoms with van der Waals surface area (Å²) < 4.78 is 10.8. The fourth-order valence-electron chi connectivity index (χ4n) is 4.09. The van der Waals surface area contributed by atoms with Crippen molar-refractivity contribution < 1.29 is 9.47 Å². The van der Waals surface area contributed by atoms with Crippen LogP contribution in [0, 0.1) is 0 Å². The molecule has 0 spiro atoms. The molecule has 0 unspecified atom stereocenters. The zero-order chi connectivity index (χ0) is 21.0. The zero-order valence-corrected chi connectivity index (χ0v) is 19.2. The van der Waals surface area contributed by atoms with E-state index in [2.05, 4.69) is 33.3 Å². The standard InChI is InChI=1S/C24H37N3O2S/c1-28-23-10-8-22(9-11-23)20-27(15-5-14-26-16-18-29-19-17-26)24(30)25-13-12-21-6-3-2-4-7-21/h6,8-11H,2-5,7,12-20H2,1H3,(H,25,30). The summed E-state index contributed by atoms with van der Waals surface area (Å²) in [6.07, 6.45) is 9.79. The largest absolute Gasteiger partial charge is 0.497 e. The van der Waals surface area contributed by atoms with Crippen molar-refractivity contribution in [1.82, 2.24) is 15.1 Å². The number of benzene rings is 1. The van der Waals surface area contributed by atoms with Gasteiger partial charge in [-0.05, 0) is 68.4 Å². The Kier molecular flexibility index (Phi) is 9.93. The molecule has 5 nitrogen and oxygen atoms in total. The van der Waals surface area contributed by atoms with Crippen LogP contribution in [0.2, 0.25) is 0 Å². The zero-order valence-electron chi connectivity index (χ0n) is 18.4. The minimum atomic E-state index is 0.821. The topological polar surface area (TPSA) is 37.0 Å². The second kappa shape index (κ2) is 12.9. The molecule has 1 N–H and O–H groups in total. The van der Waals surface area contributed by atoms with E-state index in [9.17, 15) is 0 Å². The molecule has 166 valence electrons. The van der Waals surface area contributed by atoms with Crippen molar-refractivity contribution >= 4 is 17.3 Å². The molecule has 1 aliphatic heterocycles. The molecule has 1 aliphatic carbocycles. The van der Waals surface area contributed by atoms with Gasteiger partial charge >= 0.3 is 0 Å². The number of rotatable bonds is 10. The highest BCUT2D eigenvalue weighted by atomic mass is 32.1. The summed E-state index contributed by atoms with van der Waals surface area (Å²) in [5.41, 5.74) is 2.84. The van der Waals surface area contributed by atoms with E-state index in [4.69, 9.17) is 21.7 Å². The van der Waals surface area contributed by atoms with Gasteiger partial charge in [0.1, 0.15) is 5.75 Å². The lowest BCUT2D eigenvalue weighted by atomic mass is 9.97. The van der Waals surface area contributed by atoms with Gasteiger partial charge in [-0.2, -0.15) is 0 Å². The molecule has 0 aromatic heterocycles. The highest BCUT2D eigenvalue weighted by molar-refractivity contribution is 7.80. The molecular formula is C24H37N3O2S. The number of thiocarbonyl (C=S) groups is 1. The van der Waals surface area contributed by atoms with E-state index in [0.29, 0.717) is 0 Å². The Labute approximate surface area is 187 Å². The van der Waals surface area contributed by atoms with Crippen LogP contribution in [-0.2, 0) is 11.3 Å². The van der Waals surface area contributed by atoms with E-state index in [-0.39, 0.29) is 0 Å². The summed E-state index contributed by atoms with van der Waals surface area (Å²) in [4.78, 5) is 4.80. The van der Waals surface area contributed by atoms with E-state index in [0.717, 1.165) is 76.2 Å². The molecule has 6 heteroatoms. The molecule has 0 amide bonds. The van der Waals surface area contributed by atoms with Crippen molar-refractivity contribution in [3.05, 3.63) is 41.5 Å². The van der Waals surface area contributed by atoms with Crippen LogP contribution >= 0.6 is 12.2 Å². The van der Waals surface area contributed by atoms with Gasteiger partial charge in [-0.3, -0.25) is 4.90 Å². The van der Waals surface area contributed by atoms with Gasteiger partial charge in [-0.15, -0.1) is 0 Å². The molecule has 0 atom stereocenters. The van der Waals surface area contributed by atoms with Gasteiger partial charge in [0.2, 0.25) is 0 Å². The Morgan fingerprint density at radius 3 is 2.70 bits per heavy atom. The van der Waals surface area contributed by atoms with Gasteiger partial charge in [-0.1, -0.05) is 23.8 Å². The first-order chi connectivity index (χ1) is 14.7. The second-order valence-electron chi connectivity index (χ2n) is 8.17. The van der Waals surface area contributed by atoms with E-state index in [1.165, 1.54) is 31.2 Å². The fourth-order valence-corrected chi connectivity index (χ4v) is 4.35. The fraction of sp³-hybridized carbons (Fsp3) is 0.625. The van der Waals surface area contributed by atoms with Gasteiger partial charge in [0.25, 0.3) is 0 Å². The maximum Gasteiger partial charge on any atom is 0.169 e. The Morgan fingerprint density at radius 1 is 1.20 bits per heavy atom. The van der Waals surface area contributed by atoms with Crippen LogP contribution < -0.4 is 10.1 Å². The number of nitrogens with one attached hydrogen (secondary N) is 1. The third kappa shape index (κ3) is 7.89. The predicted molar refractivity (Wildman–Crippen MR) is 127 cm³/mol. The van der Waals surface area contributed by atoms with Crippen LogP contribution in [0.25, 0.3) is 0 Å². The summed E-state index contributed by atoms with van der Waals surface area (Å²) in [5.74, 6) is 0.888. The van der Waals surface area contributed by atoms with Crippen molar-refractivity contribution in [3.63, 3.8) is 0 Å².